The summed E-state index contributed by atoms with van der Waals surface area (Å²) in [5.41, 5.74) is 9.78. The molecule has 2 heteroatoms. The van der Waals surface area contributed by atoms with E-state index >= 15 is 0 Å². The second-order valence-corrected chi connectivity index (χ2v) is 6.40. The number of thioether (sulfide) groups is 1. The second-order valence-electron chi connectivity index (χ2n) is 5.12. The van der Waals surface area contributed by atoms with E-state index in [-0.39, 0.29) is 0 Å². The van der Waals surface area contributed by atoms with Gasteiger partial charge in [-0.1, -0.05) is 36.8 Å². The lowest BCUT2D eigenvalue weighted by Crippen LogP contribution is -1.96. The van der Waals surface area contributed by atoms with E-state index in [0.717, 1.165) is 5.69 Å². The Balaban J connectivity index is 1.88. The fourth-order valence-electron chi connectivity index (χ4n) is 2.75. The van der Waals surface area contributed by atoms with Gasteiger partial charge in [0.2, 0.25) is 0 Å². The van der Waals surface area contributed by atoms with E-state index < -0.39 is 0 Å². The highest BCUT2D eigenvalue weighted by Crippen LogP contribution is 2.42. The topological polar surface area (TPSA) is 26.0 Å². The number of hydrogen-bond acceptors (Lipinski definition) is 2. The highest BCUT2D eigenvalue weighted by atomic mass is 32.2. The minimum absolute atomic E-state index is 0.570. The van der Waals surface area contributed by atoms with Crippen molar-refractivity contribution < 1.29 is 0 Å². The van der Waals surface area contributed by atoms with Crippen LogP contribution in [-0.4, -0.2) is 0 Å². The average Bonchev–Trinajstić information content (AvgIpc) is 2.62. The Morgan fingerprint density at radius 3 is 2.79 bits per heavy atom. The first-order chi connectivity index (χ1) is 9.33. The zero-order valence-electron chi connectivity index (χ0n) is 11.0. The molecule has 0 unspecified atom stereocenters. The summed E-state index contributed by atoms with van der Waals surface area (Å²) in [6.45, 7) is 0. The van der Waals surface area contributed by atoms with Crippen LogP contribution in [0.5, 0.6) is 0 Å². The first kappa shape index (κ1) is 12.6. The molecule has 0 bridgehead atoms. The lowest BCUT2D eigenvalue weighted by atomic mass is 10.0. The van der Waals surface area contributed by atoms with Gasteiger partial charge in [-0.05, 0) is 48.6 Å². The van der Waals surface area contributed by atoms with Gasteiger partial charge < -0.3 is 5.73 Å². The van der Waals surface area contributed by atoms with Gasteiger partial charge >= 0.3 is 0 Å². The molecule has 0 heterocycles. The van der Waals surface area contributed by atoms with Gasteiger partial charge in [-0.3, -0.25) is 0 Å². The van der Waals surface area contributed by atoms with E-state index in [2.05, 4.69) is 36.4 Å². The molecule has 0 aliphatic heterocycles. The molecular weight excluding hydrogens is 250 g/mol. The summed E-state index contributed by atoms with van der Waals surface area (Å²) in [6, 6.07) is 17.1. The summed E-state index contributed by atoms with van der Waals surface area (Å²) in [6.07, 6.45) is 5.11. The van der Waals surface area contributed by atoms with E-state index in [1.165, 1.54) is 41.7 Å². The molecule has 1 nitrogen and oxygen atoms in total. The number of hydrogen-bond donors (Lipinski definition) is 1. The van der Waals surface area contributed by atoms with Crippen LogP contribution < -0.4 is 5.73 Å². The van der Waals surface area contributed by atoms with Crippen LogP contribution in [0.25, 0.3) is 0 Å². The van der Waals surface area contributed by atoms with Crippen molar-refractivity contribution in [2.75, 3.05) is 5.73 Å². The Hall–Kier alpha value is -1.41. The minimum Gasteiger partial charge on any atom is -0.399 e. The largest absolute Gasteiger partial charge is 0.399 e. The Morgan fingerprint density at radius 2 is 1.89 bits per heavy atom. The van der Waals surface area contributed by atoms with Gasteiger partial charge in [0.05, 0.1) is 0 Å². The van der Waals surface area contributed by atoms with Crippen LogP contribution >= 0.6 is 11.8 Å². The molecule has 0 fully saturated rings. The second kappa shape index (κ2) is 5.70. The molecule has 1 atom stereocenters. The standard InChI is InChI=1S/C17H19NS/c18-14-8-5-9-15(12-14)19-17-11-4-2-7-13-6-1-3-10-16(13)17/h1,3,5-6,8-10,12,17H,2,4,7,11,18H2/t17-/m1/s1. The number of anilines is 1. The summed E-state index contributed by atoms with van der Waals surface area (Å²) in [4.78, 5) is 1.28. The van der Waals surface area contributed by atoms with E-state index in [1.54, 1.807) is 0 Å². The van der Waals surface area contributed by atoms with Crippen molar-refractivity contribution in [1.29, 1.82) is 0 Å². The molecular formula is C17H19NS. The Bertz CT molecular complexity index is 565. The normalized spacial score (nSPS) is 18.6. The van der Waals surface area contributed by atoms with Crippen molar-refractivity contribution in [3.05, 3.63) is 59.7 Å². The van der Waals surface area contributed by atoms with Crippen LogP contribution in [-0.2, 0) is 6.42 Å². The highest BCUT2D eigenvalue weighted by molar-refractivity contribution is 7.99. The molecule has 1 aliphatic rings. The fourth-order valence-corrected chi connectivity index (χ4v) is 4.08. The molecule has 19 heavy (non-hydrogen) atoms. The monoisotopic (exact) mass is 269 g/mol. The molecule has 0 saturated heterocycles. The van der Waals surface area contributed by atoms with Crippen LogP contribution in [0, 0.1) is 0 Å². The third kappa shape index (κ3) is 2.95. The fraction of sp³-hybridized carbons (Fsp3) is 0.294. The molecule has 0 amide bonds. The van der Waals surface area contributed by atoms with Crippen molar-refractivity contribution in [3.8, 4) is 0 Å². The van der Waals surface area contributed by atoms with Crippen LogP contribution in [0.2, 0.25) is 0 Å². The predicted molar refractivity (Wildman–Crippen MR) is 83.4 cm³/mol. The molecule has 98 valence electrons. The highest BCUT2D eigenvalue weighted by Gasteiger charge is 2.19. The summed E-state index contributed by atoms with van der Waals surface area (Å²) >= 11 is 1.95. The van der Waals surface area contributed by atoms with Crippen molar-refractivity contribution in [2.45, 2.75) is 35.8 Å². The molecule has 2 N–H and O–H groups in total. The average molecular weight is 269 g/mol. The number of fused-ring (bicyclic) bond motifs is 1. The van der Waals surface area contributed by atoms with Crippen molar-refractivity contribution >= 4 is 17.4 Å². The van der Waals surface area contributed by atoms with Crippen LogP contribution in [0.15, 0.2) is 53.4 Å². The molecule has 2 aromatic carbocycles. The molecule has 0 radical (unpaired) electrons. The SMILES string of the molecule is Nc1cccc(S[C@@H]2CCCCc3ccccc32)c1. The third-order valence-corrected chi connectivity index (χ3v) is 5.00. The quantitative estimate of drug-likeness (QED) is 0.624. The molecule has 0 aromatic heterocycles. The lowest BCUT2D eigenvalue weighted by molar-refractivity contribution is 0.704. The maximum atomic E-state index is 5.88. The van der Waals surface area contributed by atoms with Gasteiger partial charge in [-0.15, -0.1) is 11.8 Å². The minimum atomic E-state index is 0.570. The molecule has 2 aromatic rings. The van der Waals surface area contributed by atoms with Gasteiger partial charge in [0.25, 0.3) is 0 Å². The maximum absolute atomic E-state index is 5.88. The maximum Gasteiger partial charge on any atom is 0.0347 e. The van der Waals surface area contributed by atoms with Crippen molar-refractivity contribution in [3.63, 3.8) is 0 Å². The van der Waals surface area contributed by atoms with Gasteiger partial charge in [0.1, 0.15) is 0 Å². The van der Waals surface area contributed by atoms with E-state index in [9.17, 15) is 0 Å². The zero-order valence-corrected chi connectivity index (χ0v) is 11.8. The van der Waals surface area contributed by atoms with E-state index in [4.69, 9.17) is 5.73 Å². The number of aryl methyl sites for hydroxylation is 1. The molecule has 1 aliphatic carbocycles. The van der Waals surface area contributed by atoms with Gasteiger partial charge in [0, 0.05) is 15.8 Å². The van der Waals surface area contributed by atoms with Crippen LogP contribution in [0.4, 0.5) is 5.69 Å². The third-order valence-electron chi connectivity index (χ3n) is 3.70. The van der Waals surface area contributed by atoms with Crippen molar-refractivity contribution in [2.24, 2.45) is 0 Å². The van der Waals surface area contributed by atoms with Gasteiger partial charge in [-0.25, -0.2) is 0 Å². The van der Waals surface area contributed by atoms with Crippen LogP contribution in [0.1, 0.15) is 35.6 Å². The summed E-state index contributed by atoms with van der Waals surface area (Å²) in [5, 5.41) is 0.570. The predicted octanol–water partition coefficient (Wildman–Crippen LogP) is 4.83. The first-order valence-corrected chi connectivity index (χ1v) is 7.81. The number of benzene rings is 2. The number of nitrogen functional groups attached to an aromatic ring is 1. The van der Waals surface area contributed by atoms with Gasteiger partial charge in [0.15, 0.2) is 0 Å². The Morgan fingerprint density at radius 1 is 1.00 bits per heavy atom. The molecule has 3 rings (SSSR count). The van der Waals surface area contributed by atoms with Gasteiger partial charge in [-0.2, -0.15) is 0 Å². The summed E-state index contributed by atoms with van der Waals surface area (Å²) in [7, 11) is 0. The zero-order chi connectivity index (χ0) is 13.1. The first-order valence-electron chi connectivity index (χ1n) is 6.93. The lowest BCUT2D eigenvalue weighted by Gasteiger charge is -2.17. The molecule has 0 spiro atoms. The molecule has 0 saturated carbocycles. The van der Waals surface area contributed by atoms with Crippen molar-refractivity contribution in [1.82, 2.24) is 0 Å². The number of nitrogens with two attached hydrogens (primary N) is 1. The summed E-state index contributed by atoms with van der Waals surface area (Å²) in [5.74, 6) is 0. The van der Waals surface area contributed by atoms with E-state index in [0.29, 0.717) is 5.25 Å². The Labute approximate surface area is 119 Å². The number of rotatable bonds is 2. The van der Waals surface area contributed by atoms with Crippen LogP contribution in [0.3, 0.4) is 0 Å². The summed E-state index contributed by atoms with van der Waals surface area (Å²) < 4.78 is 0. The Kier molecular flexibility index (Phi) is 3.79. The van der Waals surface area contributed by atoms with E-state index in [1.807, 2.05) is 23.9 Å². The smallest absolute Gasteiger partial charge is 0.0347 e.